The lowest BCUT2D eigenvalue weighted by atomic mass is 10.1. The van der Waals surface area contributed by atoms with Gasteiger partial charge in [0.25, 0.3) is 11.8 Å². The van der Waals surface area contributed by atoms with Crippen molar-refractivity contribution < 1.29 is 9.59 Å². The molecule has 0 aliphatic carbocycles. The quantitative estimate of drug-likeness (QED) is 0.544. The Balaban J connectivity index is 1.80. The molecule has 3 rings (SSSR count). The standard InChI is InChI=1S/C19H15ClN2O2S2/c1-25-16-6-3-2-5-14(16)21-18(23)12-8-9-13(20)15(11-12)22-19(24)17-7-4-10-26-17/h2-11H,1H3,(H,21,23)(H,22,24). The van der Waals surface area contributed by atoms with Crippen LogP contribution in [0.5, 0.6) is 0 Å². The Morgan fingerprint density at radius 3 is 2.46 bits per heavy atom. The van der Waals surface area contributed by atoms with E-state index in [2.05, 4.69) is 10.6 Å². The normalized spacial score (nSPS) is 10.4. The molecule has 0 saturated heterocycles. The van der Waals surface area contributed by atoms with Crippen molar-refractivity contribution in [2.45, 2.75) is 4.90 Å². The van der Waals surface area contributed by atoms with Gasteiger partial charge in [0.05, 0.1) is 21.3 Å². The van der Waals surface area contributed by atoms with E-state index in [0.29, 0.717) is 21.2 Å². The molecule has 0 aliphatic heterocycles. The average molecular weight is 403 g/mol. The fourth-order valence-corrected chi connectivity index (χ4v) is 3.63. The Hall–Kier alpha value is -2.28. The Kier molecular flexibility index (Phi) is 5.98. The highest BCUT2D eigenvalue weighted by molar-refractivity contribution is 7.98. The third kappa shape index (κ3) is 4.27. The number of thiophene rings is 1. The van der Waals surface area contributed by atoms with Gasteiger partial charge in [0, 0.05) is 10.5 Å². The van der Waals surface area contributed by atoms with Crippen molar-refractivity contribution in [1.82, 2.24) is 0 Å². The van der Waals surface area contributed by atoms with Crippen molar-refractivity contribution >= 4 is 57.9 Å². The monoisotopic (exact) mass is 402 g/mol. The SMILES string of the molecule is CSc1ccccc1NC(=O)c1ccc(Cl)c(NC(=O)c2cccs2)c1. The molecule has 0 saturated carbocycles. The van der Waals surface area contributed by atoms with Gasteiger partial charge in [-0.1, -0.05) is 29.8 Å². The second-order valence-electron chi connectivity index (χ2n) is 5.28. The van der Waals surface area contributed by atoms with Gasteiger partial charge in [0.1, 0.15) is 0 Å². The summed E-state index contributed by atoms with van der Waals surface area (Å²) in [5, 5.41) is 7.84. The molecule has 0 fully saturated rings. The van der Waals surface area contributed by atoms with Gasteiger partial charge in [-0.05, 0) is 48.0 Å². The van der Waals surface area contributed by atoms with E-state index in [1.54, 1.807) is 42.1 Å². The number of amides is 2. The van der Waals surface area contributed by atoms with Gasteiger partial charge < -0.3 is 10.6 Å². The number of anilines is 2. The van der Waals surface area contributed by atoms with Crippen LogP contribution in [0, 0.1) is 0 Å². The molecule has 2 aromatic carbocycles. The molecule has 2 amide bonds. The van der Waals surface area contributed by atoms with E-state index in [1.807, 2.05) is 35.9 Å². The Bertz CT molecular complexity index is 942. The number of para-hydroxylation sites is 1. The van der Waals surface area contributed by atoms with Crippen LogP contribution in [-0.2, 0) is 0 Å². The number of carbonyl (C=O) groups excluding carboxylic acids is 2. The molecular formula is C19H15ClN2O2S2. The van der Waals surface area contributed by atoms with Crippen LogP contribution in [0.2, 0.25) is 5.02 Å². The van der Waals surface area contributed by atoms with E-state index in [1.165, 1.54) is 11.3 Å². The summed E-state index contributed by atoms with van der Waals surface area (Å²) in [4.78, 5) is 26.4. The van der Waals surface area contributed by atoms with E-state index in [9.17, 15) is 9.59 Å². The summed E-state index contributed by atoms with van der Waals surface area (Å²) in [7, 11) is 0. The van der Waals surface area contributed by atoms with Gasteiger partial charge in [-0.2, -0.15) is 0 Å². The zero-order valence-corrected chi connectivity index (χ0v) is 16.2. The fraction of sp³-hybridized carbons (Fsp3) is 0.0526. The summed E-state index contributed by atoms with van der Waals surface area (Å²) in [5.41, 5.74) is 1.55. The van der Waals surface area contributed by atoms with Gasteiger partial charge in [-0.25, -0.2) is 0 Å². The van der Waals surface area contributed by atoms with Crippen LogP contribution < -0.4 is 10.6 Å². The Morgan fingerprint density at radius 1 is 0.962 bits per heavy atom. The predicted octanol–water partition coefficient (Wildman–Crippen LogP) is 5.63. The van der Waals surface area contributed by atoms with Crippen molar-refractivity contribution in [2.24, 2.45) is 0 Å². The summed E-state index contributed by atoms with van der Waals surface area (Å²) < 4.78 is 0. The van der Waals surface area contributed by atoms with Crippen LogP contribution in [0.15, 0.2) is 64.9 Å². The number of nitrogens with one attached hydrogen (secondary N) is 2. The molecule has 0 radical (unpaired) electrons. The summed E-state index contributed by atoms with van der Waals surface area (Å²) >= 11 is 9.06. The van der Waals surface area contributed by atoms with Gasteiger partial charge in [-0.3, -0.25) is 9.59 Å². The maximum atomic E-state index is 12.6. The summed E-state index contributed by atoms with van der Waals surface area (Å²) in [6.45, 7) is 0. The highest BCUT2D eigenvalue weighted by Gasteiger charge is 2.14. The lowest BCUT2D eigenvalue weighted by molar-refractivity contribution is 0.101. The minimum Gasteiger partial charge on any atom is -0.321 e. The van der Waals surface area contributed by atoms with Crippen LogP contribution >= 0.6 is 34.7 Å². The molecule has 2 N–H and O–H groups in total. The second-order valence-corrected chi connectivity index (χ2v) is 7.48. The first kappa shape index (κ1) is 18.5. The maximum absolute atomic E-state index is 12.6. The van der Waals surface area contributed by atoms with E-state index < -0.39 is 0 Å². The smallest absolute Gasteiger partial charge is 0.265 e. The van der Waals surface area contributed by atoms with Crippen molar-refractivity contribution in [3.63, 3.8) is 0 Å². The van der Waals surface area contributed by atoms with Crippen LogP contribution in [0.3, 0.4) is 0 Å². The third-order valence-corrected chi connectivity index (χ3v) is 5.57. The van der Waals surface area contributed by atoms with E-state index in [-0.39, 0.29) is 11.8 Å². The van der Waals surface area contributed by atoms with Crippen LogP contribution in [0.1, 0.15) is 20.0 Å². The largest absolute Gasteiger partial charge is 0.321 e. The number of carbonyl (C=O) groups is 2. The summed E-state index contributed by atoms with van der Waals surface area (Å²) in [6, 6.07) is 15.9. The molecule has 0 aliphatic rings. The Morgan fingerprint density at radius 2 is 1.73 bits per heavy atom. The first-order valence-electron chi connectivity index (χ1n) is 7.67. The summed E-state index contributed by atoms with van der Waals surface area (Å²) in [6.07, 6.45) is 1.95. The molecule has 0 unspecified atom stereocenters. The van der Waals surface area contributed by atoms with Crippen molar-refractivity contribution in [1.29, 1.82) is 0 Å². The molecule has 0 spiro atoms. The minimum absolute atomic E-state index is 0.257. The van der Waals surface area contributed by atoms with Crippen molar-refractivity contribution in [3.05, 3.63) is 75.4 Å². The number of rotatable bonds is 5. The van der Waals surface area contributed by atoms with Gasteiger partial charge in [-0.15, -0.1) is 23.1 Å². The van der Waals surface area contributed by atoms with Crippen molar-refractivity contribution in [2.75, 3.05) is 16.9 Å². The van der Waals surface area contributed by atoms with Crippen LogP contribution in [-0.4, -0.2) is 18.1 Å². The number of benzene rings is 2. The molecule has 0 atom stereocenters. The minimum atomic E-state index is -0.269. The molecule has 0 bridgehead atoms. The molecule has 1 heterocycles. The Labute approximate surface area is 164 Å². The first-order valence-corrected chi connectivity index (χ1v) is 10.2. The van der Waals surface area contributed by atoms with Gasteiger partial charge >= 0.3 is 0 Å². The predicted molar refractivity (Wildman–Crippen MR) is 110 cm³/mol. The van der Waals surface area contributed by atoms with E-state index in [0.717, 1.165) is 10.6 Å². The molecular weight excluding hydrogens is 388 g/mol. The van der Waals surface area contributed by atoms with Crippen molar-refractivity contribution in [3.8, 4) is 0 Å². The van der Waals surface area contributed by atoms with Gasteiger partial charge in [0.15, 0.2) is 0 Å². The molecule has 132 valence electrons. The highest BCUT2D eigenvalue weighted by Crippen LogP contribution is 2.27. The number of hydrogen-bond acceptors (Lipinski definition) is 4. The van der Waals surface area contributed by atoms with Crippen LogP contribution in [0.4, 0.5) is 11.4 Å². The fourth-order valence-electron chi connectivity index (χ4n) is 2.30. The number of thioether (sulfide) groups is 1. The molecule has 4 nitrogen and oxygen atoms in total. The molecule has 3 aromatic rings. The van der Waals surface area contributed by atoms with E-state index >= 15 is 0 Å². The zero-order valence-electron chi connectivity index (χ0n) is 13.8. The zero-order chi connectivity index (χ0) is 18.5. The average Bonchev–Trinajstić information content (AvgIpc) is 3.18. The number of hydrogen-bond donors (Lipinski definition) is 2. The molecule has 1 aromatic heterocycles. The molecule has 26 heavy (non-hydrogen) atoms. The first-order chi connectivity index (χ1) is 12.6. The van der Waals surface area contributed by atoms with E-state index in [4.69, 9.17) is 11.6 Å². The third-order valence-electron chi connectivity index (χ3n) is 3.58. The summed E-state index contributed by atoms with van der Waals surface area (Å²) in [5.74, 6) is -0.526. The topological polar surface area (TPSA) is 58.2 Å². The second kappa shape index (κ2) is 8.40. The highest BCUT2D eigenvalue weighted by atomic mass is 35.5. The number of halogens is 1. The van der Waals surface area contributed by atoms with Gasteiger partial charge in [0.2, 0.25) is 0 Å². The molecule has 7 heteroatoms. The lowest BCUT2D eigenvalue weighted by Crippen LogP contribution is -2.14. The van der Waals surface area contributed by atoms with Crippen LogP contribution in [0.25, 0.3) is 0 Å². The lowest BCUT2D eigenvalue weighted by Gasteiger charge is -2.11. The maximum Gasteiger partial charge on any atom is 0.265 e.